The van der Waals surface area contributed by atoms with E-state index in [0.29, 0.717) is 43.4 Å². The summed E-state index contributed by atoms with van der Waals surface area (Å²) in [6.07, 6.45) is 3.76. The van der Waals surface area contributed by atoms with Crippen molar-refractivity contribution >= 4 is 11.9 Å². The number of nitrogens with zero attached hydrogens (tertiary/aromatic N) is 4. The molecule has 0 aliphatic carbocycles. The van der Waals surface area contributed by atoms with Crippen molar-refractivity contribution in [2.45, 2.75) is 32.1 Å². The summed E-state index contributed by atoms with van der Waals surface area (Å²) in [5, 5.41) is 3.05. The first kappa shape index (κ1) is 19.2. The molecule has 27 heavy (non-hydrogen) atoms. The topological polar surface area (TPSA) is 89.5 Å². The average molecular weight is 371 g/mol. The summed E-state index contributed by atoms with van der Waals surface area (Å²) in [5.74, 6) is 0.378. The Morgan fingerprint density at radius 3 is 2.93 bits per heavy atom. The van der Waals surface area contributed by atoms with Crippen LogP contribution in [0.4, 0.5) is 5.95 Å². The summed E-state index contributed by atoms with van der Waals surface area (Å²) in [5.41, 5.74) is 1.96. The number of carbonyl (C=O) groups is 1. The molecule has 2 atom stereocenters. The maximum atomic E-state index is 12.7. The summed E-state index contributed by atoms with van der Waals surface area (Å²) in [6, 6.07) is 5.55. The van der Waals surface area contributed by atoms with E-state index in [2.05, 4.69) is 20.3 Å². The van der Waals surface area contributed by atoms with Crippen molar-refractivity contribution in [1.82, 2.24) is 20.3 Å². The number of aromatic nitrogens is 3. The maximum absolute atomic E-state index is 12.7. The van der Waals surface area contributed by atoms with E-state index in [9.17, 15) is 4.79 Å². The Bertz CT molecular complexity index is 769. The number of carbonyl (C=O) groups excluding carboxylic acids is 1. The molecule has 0 unspecified atom stereocenters. The molecule has 0 aromatic carbocycles. The molecule has 0 radical (unpaired) electrons. The summed E-state index contributed by atoms with van der Waals surface area (Å²) in [7, 11) is 3.72. The fourth-order valence-electron chi connectivity index (χ4n) is 2.86. The number of ether oxygens (including phenoxy) is 2. The third-order valence-electron chi connectivity index (χ3n) is 4.40. The fourth-order valence-corrected chi connectivity index (χ4v) is 2.86. The molecule has 8 heteroatoms. The van der Waals surface area contributed by atoms with Gasteiger partial charge >= 0.3 is 0 Å². The van der Waals surface area contributed by atoms with E-state index in [1.807, 2.05) is 39.2 Å². The molecular formula is C19H25N5O3. The third-order valence-corrected chi connectivity index (χ3v) is 4.40. The van der Waals surface area contributed by atoms with Gasteiger partial charge in [0.2, 0.25) is 5.95 Å². The summed E-state index contributed by atoms with van der Waals surface area (Å²) in [4.78, 5) is 27.4. The Hall–Kier alpha value is -2.58. The van der Waals surface area contributed by atoms with Crippen molar-refractivity contribution in [1.29, 1.82) is 0 Å². The summed E-state index contributed by atoms with van der Waals surface area (Å²) in [6.45, 7) is 3.21. The zero-order valence-electron chi connectivity index (χ0n) is 15.9. The fraction of sp³-hybridized carbons (Fsp3) is 0.474. The van der Waals surface area contributed by atoms with Crippen LogP contribution < -0.4 is 10.2 Å². The standard InChI is InChI=1S/C19H25N5O3/c1-13-15(10-21-19(22-13)24(2)3)18(25)23-16-7-9-26-12-17(16)27-11-14-6-4-5-8-20-14/h4-6,8,10,16-17H,7,9,11-12H2,1-3H3,(H,23,25)/t16-,17-/m1/s1. The molecule has 1 fully saturated rings. The van der Waals surface area contributed by atoms with Gasteiger partial charge in [-0.15, -0.1) is 0 Å². The monoisotopic (exact) mass is 371 g/mol. The highest BCUT2D eigenvalue weighted by Crippen LogP contribution is 2.15. The second-order valence-corrected chi connectivity index (χ2v) is 6.68. The first-order valence-corrected chi connectivity index (χ1v) is 8.95. The minimum Gasteiger partial charge on any atom is -0.379 e. The van der Waals surface area contributed by atoms with Gasteiger partial charge in [-0.05, 0) is 25.5 Å². The van der Waals surface area contributed by atoms with Gasteiger partial charge < -0.3 is 19.7 Å². The van der Waals surface area contributed by atoms with Crippen LogP contribution in [0.3, 0.4) is 0 Å². The number of amides is 1. The van der Waals surface area contributed by atoms with Crippen LogP contribution >= 0.6 is 0 Å². The zero-order chi connectivity index (χ0) is 19.2. The molecule has 0 spiro atoms. The van der Waals surface area contributed by atoms with E-state index < -0.39 is 0 Å². The summed E-state index contributed by atoms with van der Waals surface area (Å²) >= 11 is 0. The normalized spacial score (nSPS) is 19.5. The number of pyridine rings is 1. The molecule has 0 bridgehead atoms. The van der Waals surface area contributed by atoms with E-state index in [4.69, 9.17) is 9.47 Å². The smallest absolute Gasteiger partial charge is 0.255 e. The first-order valence-electron chi connectivity index (χ1n) is 8.95. The zero-order valence-corrected chi connectivity index (χ0v) is 15.9. The van der Waals surface area contributed by atoms with Gasteiger partial charge in [-0.2, -0.15) is 0 Å². The van der Waals surface area contributed by atoms with Crippen molar-refractivity contribution in [3.8, 4) is 0 Å². The van der Waals surface area contributed by atoms with E-state index >= 15 is 0 Å². The predicted octanol–water partition coefficient (Wildman–Crippen LogP) is 1.35. The van der Waals surface area contributed by atoms with Crippen molar-refractivity contribution in [2.75, 3.05) is 32.2 Å². The molecule has 2 aromatic heterocycles. The van der Waals surface area contributed by atoms with Gasteiger partial charge in [0.1, 0.15) is 6.10 Å². The number of nitrogens with one attached hydrogen (secondary N) is 1. The Kier molecular flexibility index (Phi) is 6.31. The Labute approximate surface area is 158 Å². The number of aryl methyl sites for hydroxylation is 1. The third kappa shape index (κ3) is 4.99. The lowest BCUT2D eigenvalue weighted by molar-refractivity contribution is -0.0743. The first-order chi connectivity index (χ1) is 13.0. The second kappa shape index (κ2) is 8.88. The molecule has 2 aromatic rings. The second-order valence-electron chi connectivity index (χ2n) is 6.68. The quantitative estimate of drug-likeness (QED) is 0.820. The Balaban J connectivity index is 1.64. The van der Waals surface area contributed by atoms with Crippen LogP contribution in [0.1, 0.15) is 28.2 Å². The van der Waals surface area contributed by atoms with Crippen molar-refractivity contribution in [3.05, 3.63) is 47.5 Å². The predicted molar refractivity (Wildman–Crippen MR) is 101 cm³/mol. The number of rotatable bonds is 6. The Morgan fingerprint density at radius 2 is 2.22 bits per heavy atom. The molecular weight excluding hydrogens is 346 g/mol. The van der Waals surface area contributed by atoms with E-state index in [1.165, 1.54) is 0 Å². The van der Waals surface area contributed by atoms with E-state index in [1.54, 1.807) is 17.3 Å². The van der Waals surface area contributed by atoms with Gasteiger partial charge in [0.25, 0.3) is 5.91 Å². The van der Waals surface area contributed by atoms with Crippen LogP contribution in [0.2, 0.25) is 0 Å². The SMILES string of the molecule is Cc1nc(N(C)C)ncc1C(=O)N[C@@H]1CCOC[C@H]1OCc1ccccn1. The van der Waals surface area contributed by atoms with Gasteiger partial charge in [0.15, 0.2) is 0 Å². The minimum absolute atomic E-state index is 0.136. The molecule has 1 N–H and O–H groups in total. The van der Waals surface area contributed by atoms with Gasteiger partial charge in [-0.25, -0.2) is 9.97 Å². The molecule has 1 amide bonds. The molecule has 1 aliphatic rings. The van der Waals surface area contributed by atoms with E-state index in [-0.39, 0.29) is 18.1 Å². The minimum atomic E-state index is -0.230. The number of hydrogen-bond donors (Lipinski definition) is 1. The van der Waals surface area contributed by atoms with Crippen molar-refractivity contribution in [3.63, 3.8) is 0 Å². The van der Waals surface area contributed by atoms with Gasteiger partial charge in [-0.3, -0.25) is 9.78 Å². The highest BCUT2D eigenvalue weighted by molar-refractivity contribution is 5.95. The average Bonchev–Trinajstić information content (AvgIpc) is 2.68. The van der Waals surface area contributed by atoms with Crippen molar-refractivity contribution in [2.24, 2.45) is 0 Å². The molecule has 1 saturated heterocycles. The van der Waals surface area contributed by atoms with Crippen molar-refractivity contribution < 1.29 is 14.3 Å². The molecule has 1 aliphatic heterocycles. The van der Waals surface area contributed by atoms with Crippen LogP contribution in [0, 0.1) is 6.92 Å². The summed E-state index contributed by atoms with van der Waals surface area (Å²) < 4.78 is 11.5. The van der Waals surface area contributed by atoms with Crippen LogP contribution in [0.15, 0.2) is 30.6 Å². The molecule has 3 rings (SSSR count). The largest absolute Gasteiger partial charge is 0.379 e. The van der Waals surface area contributed by atoms with E-state index in [0.717, 1.165) is 5.69 Å². The van der Waals surface area contributed by atoms with Gasteiger partial charge in [0.05, 0.1) is 36.2 Å². The maximum Gasteiger partial charge on any atom is 0.255 e. The molecule has 144 valence electrons. The van der Waals surface area contributed by atoms with Crippen LogP contribution in [-0.4, -0.2) is 60.3 Å². The Morgan fingerprint density at radius 1 is 1.37 bits per heavy atom. The van der Waals surface area contributed by atoms with Gasteiger partial charge in [0, 0.05) is 33.1 Å². The molecule has 3 heterocycles. The lowest BCUT2D eigenvalue weighted by atomic mass is 10.1. The lowest BCUT2D eigenvalue weighted by Gasteiger charge is -2.32. The van der Waals surface area contributed by atoms with Crippen LogP contribution in [-0.2, 0) is 16.1 Å². The number of anilines is 1. The molecule has 0 saturated carbocycles. The highest BCUT2D eigenvalue weighted by atomic mass is 16.5. The highest BCUT2D eigenvalue weighted by Gasteiger charge is 2.29. The van der Waals surface area contributed by atoms with Crippen LogP contribution in [0.25, 0.3) is 0 Å². The van der Waals surface area contributed by atoms with Crippen LogP contribution in [0.5, 0.6) is 0 Å². The lowest BCUT2D eigenvalue weighted by Crippen LogP contribution is -2.50. The number of hydrogen-bond acceptors (Lipinski definition) is 7. The molecule has 8 nitrogen and oxygen atoms in total. The van der Waals surface area contributed by atoms with Gasteiger partial charge in [-0.1, -0.05) is 6.07 Å².